The van der Waals surface area contributed by atoms with E-state index in [2.05, 4.69) is 9.84 Å². The standard InChI is InChI=1S/C15H16F2N2O2/c1-3-19-12(8-10(2)18-19)9-14(20)11-4-6-13(7-5-11)21-15(16)17/h4-8,15H,3,9H2,1-2H3. The summed E-state index contributed by atoms with van der Waals surface area (Å²) in [6, 6.07) is 7.57. The molecule has 1 heterocycles. The molecule has 0 aliphatic rings. The first kappa shape index (κ1) is 15.2. The molecule has 0 bridgehead atoms. The second-order valence-electron chi connectivity index (χ2n) is 4.60. The Labute approximate surface area is 121 Å². The van der Waals surface area contributed by atoms with E-state index in [1.807, 2.05) is 19.9 Å². The summed E-state index contributed by atoms with van der Waals surface area (Å²) in [7, 11) is 0. The van der Waals surface area contributed by atoms with Gasteiger partial charge in [0.05, 0.1) is 12.1 Å². The van der Waals surface area contributed by atoms with E-state index in [0.717, 1.165) is 11.4 Å². The van der Waals surface area contributed by atoms with Crippen LogP contribution in [0.15, 0.2) is 30.3 Å². The summed E-state index contributed by atoms with van der Waals surface area (Å²) in [5.41, 5.74) is 2.16. The first-order chi connectivity index (χ1) is 9.99. The van der Waals surface area contributed by atoms with Gasteiger partial charge in [-0.2, -0.15) is 13.9 Å². The Morgan fingerprint density at radius 2 is 2.00 bits per heavy atom. The first-order valence-electron chi connectivity index (χ1n) is 6.61. The molecule has 0 fully saturated rings. The Kier molecular flexibility index (Phi) is 4.67. The molecule has 0 N–H and O–H groups in total. The minimum Gasteiger partial charge on any atom is -0.435 e. The van der Waals surface area contributed by atoms with Crippen molar-refractivity contribution in [1.82, 2.24) is 9.78 Å². The molecule has 0 saturated carbocycles. The van der Waals surface area contributed by atoms with Gasteiger partial charge in [-0.15, -0.1) is 0 Å². The Balaban J connectivity index is 2.09. The van der Waals surface area contributed by atoms with Gasteiger partial charge in [0.1, 0.15) is 5.75 Å². The van der Waals surface area contributed by atoms with Crippen molar-refractivity contribution in [2.24, 2.45) is 0 Å². The molecule has 0 spiro atoms. The number of alkyl halides is 2. The normalized spacial score (nSPS) is 10.9. The van der Waals surface area contributed by atoms with Crippen molar-refractivity contribution in [3.05, 3.63) is 47.3 Å². The number of hydrogen-bond acceptors (Lipinski definition) is 3. The molecule has 0 aliphatic carbocycles. The molecule has 0 saturated heterocycles. The fourth-order valence-corrected chi connectivity index (χ4v) is 2.10. The lowest BCUT2D eigenvalue weighted by molar-refractivity contribution is -0.0498. The Morgan fingerprint density at radius 1 is 1.33 bits per heavy atom. The van der Waals surface area contributed by atoms with Crippen LogP contribution in [0.2, 0.25) is 0 Å². The molecule has 0 aliphatic heterocycles. The number of ether oxygens (including phenoxy) is 1. The predicted molar refractivity (Wildman–Crippen MR) is 73.7 cm³/mol. The fourth-order valence-electron chi connectivity index (χ4n) is 2.10. The number of ketones is 1. The van der Waals surface area contributed by atoms with Gasteiger partial charge in [0.25, 0.3) is 0 Å². The first-order valence-corrected chi connectivity index (χ1v) is 6.61. The maximum atomic E-state index is 12.2. The lowest BCUT2D eigenvalue weighted by atomic mass is 10.1. The summed E-state index contributed by atoms with van der Waals surface area (Å²) >= 11 is 0. The monoisotopic (exact) mass is 294 g/mol. The van der Waals surface area contributed by atoms with Gasteiger partial charge in [0, 0.05) is 17.8 Å². The smallest absolute Gasteiger partial charge is 0.387 e. The van der Waals surface area contributed by atoms with Gasteiger partial charge >= 0.3 is 6.61 Å². The number of carbonyl (C=O) groups excluding carboxylic acids is 1. The van der Waals surface area contributed by atoms with E-state index in [4.69, 9.17) is 0 Å². The number of benzene rings is 1. The minimum absolute atomic E-state index is 0.0380. The highest BCUT2D eigenvalue weighted by molar-refractivity contribution is 5.97. The van der Waals surface area contributed by atoms with Gasteiger partial charge in [0.2, 0.25) is 0 Å². The van der Waals surface area contributed by atoms with Crippen LogP contribution in [0.5, 0.6) is 5.75 Å². The zero-order chi connectivity index (χ0) is 15.4. The van der Waals surface area contributed by atoms with Crippen molar-refractivity contribution in [3.63, 3.8) is 0 Å². The van der Waals surface area contributed by atoms with Crippen LogP contribution in [-0.4, -0.2) is 22.2 Å². The van der Waals surface area contributed by atoms with Crippen LogP contribution in [0, 0.1) is 6.92 Å². The number of rotatable bonds is 6. The number of halogens is 2. The van der Waals surface area contributed by atoms with Gasteiger partial charge in [-0.05, 0) is 44.2 Å². The van der Waals surface area contributed by atoms with E-state index in [9.17, 15) is 13.6 Å². The highest BCUT2D eigenvalue weighted by atomic mass is 19.3. The molecule has 4 nitrogen and oxygen atoms in total. The third-order valence-electron chi connectivity index (χ3n) is 3.03. The average molecular weight is 294 g/mol. The number of aryl methyl sites for hydroxylation is 2. The van der Waals surface area contributed by atoms with Gasteiger partial charge in [-0.1, -0.05) is 0 Å². The average Bonchev–Trinajstić information content (AvgIpc) is 2.78. The highest BCUT2D eigenvalue weighted by Gasteiger charge is 2.12. The van der Waals surface area contributed by atoms with Crippen LogP contribution in [-0.2, 0) is 13.0 Å². The van der Waals surface area contributed by atoms with Gasteiger partial charge in [-0.25, -0.2) is 0 Å². The van der Waals surface area contributed by atoms with Crippen molar-refractivity contribution >= 4 is 5.78 Å². The van der Waals surface area contributed by atoms with E-state index in [1.54, 1.807) is 4.68 Å². The molecule has 2 rings (SSSR count). The van der Waals surface area contributed by atoms with Crippen molar-refractivity contribution in [3.8, 4) is 5.75 Å². The molecule has 6 heteroatoms. The van der Waals surface area contributed by atoms with Crippen LogP contribution in [0.4, 0.5) is 8.78 Å². The number of aromatic nitrogens is 2. The third kappa shape index (κ3) is 3.87. The minimum atomic E-state index is -2.87. The molecule has 0 amide bonds. The molecule has 1 aromatic carbocycles. The van der Waals surface area contributed by atoms with E-state index in [0.29, 0.717) is 12.1 Å². The van der Waals surface area contributed by atoms with Crippen molar-refractivity contribution in [2.45, 2.75) is 33.4 Å². The van der Waals surface area contributed by atoms with Crippen LogP contribution in [0.1, 0.15) is 28.7 Å². The molecule has 0 radical (unpaired) electrons. The maximum absolute atomic E-state index is 12.2. The lowest BCUT2D eigenvalue weighted by Gasteiger charge is -2.06. The number of carbonyl (C=O) groups is 1. The van der Waals surface area contributed by atoms with Crippen LogP contribution in [0.3, 0.4) is 0 Å². The second-order valence-corrected chi connectivity index (χ2v) is 4.60. The SMILES string of the molecule is CCn1nc(C)cc1CC(=O)c1ccc(OC(F)F)cc1. The van der Waals surface area contributed by atoms with Gasteiger partial charge < -0.3 is 4.74 Å². The Bertz CT molecular complexity index is 621. The van der Waals surface area contributed by atoms with Gasteiger partial charge in [0.15, 0.2) is 5.78 Å². The lowest BCUT2D eigenvalue weighted by Crippen LogP contribution is -2.10. The molecule has 2 aromatic rings. The Morgan fingerprint density at radius 3 is 2.57 bits per heavy atom. The zero-order valence-electron chi connectivity index (χ0n) is 11.8. The number of hydrogen-bond donors (Lipinski definition) is 0. The number of nitrogens with zero attached hydrogens (tertiary/aromatic N) is 2. The van der Waals surface area contributed by atoms with Crippen LogP contribution < -0.4 is 4.74 Å². The summed E-state index contributed by atoms with van der Waals surface area (Å²) < 4.78 is 30.1. The summed E-state index contributed by atoms with van der Waals surface area (Å²) in [5, 5.41) is 4.28. The second kappa shape index (κ2) is 6.47. The maximum Gasteiger partial charge on any atom is 0.387 e. The van der Waals surface area contributed by atoms with Crippen molar-refractivity contribution in [1.29, 1.82) is 0 Å². The van der Waals surface area contributed by atoms with E-state index < -0.39 is 6.61 Å². The van der Waals surface area contributed by atoms with Crippen LogP contribution >= 0.6 is 0 Å². The summed E-state index contributed by atoms with van der Waals surface area (Å²) in [4.78, 5) is 12.2. The topological polar surface area (TPSA) is 44.1 Å². The molecular weight excluding hydrogens is 278 g/mol. The molecule has 21 heavy (non-hydrogen) atoms. The zero-order valence-corrected chi connectivity index (χ0v) is 11.8. The third-order valence-corrected chi connectivity index (χ3v) is 3.03. The van der Waals surface area contributed by atoms with E-state index in [-0.39, 0.29) is 18.0 Å². The quantitative estimate of drug-likeness (QED) is 0.768. The highest BCUT2D eigenvalue weighted by Crippen LogP contribution is 2.16. The Hall–Kier alpha value is -2.24. The van der Waals surface area contributed by atoms with Gasteiger partial charge in [-0.3, -0.25) is 9.48 Å². The molecule has 112 valence electrons. The van der Waals surface area contributed by atoms with Crippen molar-refractivity contribution < 1.29 is 18.3 Å². The van der Waals surface area contributed by atoms with Crippen molar-refractivity contribution in [2.75, 3.05) is 0 Å². The predicted octanol–water partition coefficient (Wildman–Crippen LogP) is 3.24. The molecule has 0 atom stereocenters. The molecule has 0 unspecified atom stereocenters. The largest absolute Gasteiger partial charge is 0.435 e. The summed E-state index contributed by atoms with van der Waals surface area (Å²) in [5.74, 6) is -0.0517. The fraction of sp³-hybridized carbons (Fsp3) is 0.333. The van der Waals surface area contributed by atoms with E-state index in [1.165, 1.54) is 24.3 Å². The summed E-state index contributed by atoms with van der Waals surface area (Å²) in [6.07, 6.45) is 0.226. The van der Waals surface area contributed by atoms with Crippen LogP contribution in [0.25, 0.3) is 0 Å². The number of Topliss-reactive ketones (excluding diaryl/α,β-unsaturated/α-hetero) is 1. The van der Waals surface area contributed by atoms with E-state index >= 15 is 0 Å². The molecule has 1 aromatic heterocycles. The molecular formula is C15H16F2N2O2. The summed E-state index contributed by atoms with van der Waals surface area (Å²) in [6.45, 7) is 1.65.